The molecule has 0 saturated heterocycles. The van der Waals surface area contributed by atoms with E-state index in [9.17, 15) is 13.2 Å². The van der Waals surface area contributed by atoms with Crippen molar-refractivity contribution in [2.75, 3.05) is 24.1 Å². The molecule has 0 radical (unpaired) electrons. The number of rotatable bonds is 8. The predicted octanol–water partition coefficient (Wildman–Crippen LogP) is 3.66. The Labute approximate surface area is 170 Å². The second-order valence-electron chi connectivity index (χ2n) is 7.28. The summed E-state index contributed by atoms with van der Waals surface area (Å²) in [5.74, 6) is 0.189. The lowest BCUT2D eigenvalue weighted by molar-refractivity contribution is -0.118. The van der Waals surface area contributed by atoms with E-state index in [1.54, 1.807) is 18.3 Å². The summed E-state index contributed by atoms with van der Waals surface area (Å²) in [5, 5.41) is 5.33. The third-order valence-electron chi connectivity index (χ3n) is 5.06. The molecule has 1 aromatic carbocycles. The molecule has 2 N–H and O–H groups in total. The van der Waals surface area contributed by atoms with E-state index in [0.29, 0.717) is 16.7 Å². The summed E-state index contributed by atoms with van der Waals surface area (Å²) in [4.78, 5) is 17.1. The number of hydrogen-bond acceptors (Lipinski definition) is 5. The molecular weight excluding hydrogens is 396 g/mol. The Balaban J connectivity index is 1.77. The highest BCUT2D eigenvalue weighted by Crippen LogP contribution is 2.35. The van der Waals surface area contributed by atoms with Crippen molar-refractivity contribution in [3.8, 4) is 0 Å². The molecule has 2 aromatic rings. The lowest BCUT2D eigenvalue weighted by Crippen LogP contribution is -2.29. The Morgan fingerprint density at radius 2 is 1.93 bits per heavy atom. The third kappa shape index (κ3) is 5.30. The lowest BCUT2D eigenvalue weighted by atomic mass is 9.87. The van der Waals surface area contributed by atoms with Gasteiger partial charge in [0.1, 0.15) is 0 Å². The molecule has 1 unspecified atom stereocenters. The van der Waals surface area contributed by atoms with E-state index >= 15 is 0 Å². The molecule has 1 saturated carbocycles. The molecule has 1 aliphatic carbocycles. The molecule has 0 spiro atoms. The van der Waals surface area contributed by atoms with Crippen molar-refractivity contribution in [3.63, 3.8) is 0 Å². The SMILES string of the molecule is CN(C)S(=O)(=O)Nc1ccc(C(CC2CCCC2)C(=O)Nc2nccs2)cc1. The van der Waals surface area contributed by atoms with Gasteiger partial charge in [-0.1, -0.05) is 37.8 Å². The molecule has 1 amide bonds. The largest absolute Gasteiger partial charge is 0.301 e. The van der Waals surface area contributed by atoms with Crippen LogP contribution in [0.2, 0.25) is 0 Å². The first-order valence-corrected chi connectivity index (χ1v) is 11.7. The van der Waals surface area contributed by atoms with Gasteiger partial charge >= 0.3 is 10.2 Å². The van der Waals surface area contributed by atoms with E-state index in [4.69, 9.17) is 0 Å². The number of carbonyl (C=O) groups is 1. The number of hydrogen-bond donors (Lipinski definition) is 2. The average molecular weight is 423 g/mol. The van der Waals surface area contributed by atoms with E-state index in [1.807, 2.05) is 17.5 Å². The molecule has 7 nitrogen and oxygen atoms in total. The molecule has 0 aliphatic heterocycles. The minimum absolute atomic E-state index is 0.0662. The van der Waals surface area contributed by atoms with E-state index in [1.165, 1.54) is 38.3 Å². The summed E-state index contributed by atoms with van der Waals surface area (Å²) in [6.45, 7) is 0. The zero-order valence-corrected chi connectivity index (χ0v) is 17.7. The molecule has 0 bridgehead atoms. The second-order valence-corrected chi connectivity index (χ2v) is 10.1. The highest BCUT2D eigenvalue weighted by atomic mass is 32.2. The number of nitrogens with zero attached hydrogens (tertiary/aromatic N) is 2. The van der Waals surface area contributed by atoms with Crippen molar-refractivity contribution in [2.45, 2.75) is 38.0 Å². The van der Waals surface area contributed by atoms with Crippen LogP contribution in [0.15, 0.2) is 35.8 Å². The molecular formula is C19H26N4O3S2. The molecule has 1 aliphatic rings. The van der Waals surface area contributed by atoms with Crippen LogP contribution in [0.5, 0.6) is 0 Å². The van der Waals surface area contributed by atoms with Crippen LogP contribution < -0.4 is 10.0 Å². The first kappa shape index (κ1) is 20.8. The Morgan fingerprint density at radius 3 is 2.50 bits per heavy atom. The molecule has 1 heterocycles. The second kappa shape index (κ2) is 9.02. The van der Waals surface area contributed by atoms with E-state index in [-0.39, 0.29) is 11.8 Å². The van der Waals surface area contributed by atoms with Crippen LogP contribution in [0.4, 0.5) is 10.8 Å². The van der Waals surface area contributed by atoms with Gasteiger partial charge in [0.2, 0.25) is 5.91 Å². The van der Waals surface area contributed by atoms with Crippen LogP contribution >= 0.6 is 11.3 Å². The Morgan fingerprint density at radius 1 is 1.25 bits per heavy atom. The van der Waals surface area contributed by atoms with Gasteiger partial charge in [0.15, 0.2) is 5.13 Å². The molecule has 1 atom stereocenters. The molecule has 9 heteroatoms. The first-order chi connectivity index (χ1) is 13.3. The predicted molar refractivity (Wildman–Crippen MR) is 113 cm³/mol. The van der Waals surface area contributed by atoms with Crippen molar-refractivity contribution in [2.24, 2.45) is 5.92 Å². The monoisotopic (exact) mass is 422 g/mol. The van der Waals surface area contributed by atoms with E-state index < -0.39 is 10.2 Å². The fourth-order valence-electron chi connectivity index (χ4n) is 3.48. The Bertz CT molecular complexity index is 874. The summed E-state index contributed by atoms with van der Waals surface area (Å²) in [7, 11) is -0.617. The number of anilines is 2. The van der Waals surface area contributed by atoms with Crippen molar-refractivity contribution < 1.29 is 13.2 Å². The van der Waals surface area contributed by atoms with Crippen molar-refractivity contribution in [1.82, 2.24) is 9.29 Å². The molecule has 1 aromatic heterocycles. The van der Waals surface area contributed by atoms with Crippen molar-refractivity contribution in [1.29, 1.82) is 0 Å². The Kier molecular flexibility index (Phi) is 6.69. The smallest absolute Gasteiger partial charge is 0.301 e. The van der Waals surface area contributed by atoms with Crippen LogP contribution in [0.25, 0.3) is 0 Å². The lowest BCUT2D eigenvalue weighted by Gasteiger charge is -2.21. The minimum atomic E-state index is -3.56. The number of carbonyl (C=O) groups excluding carboxylic acids is 1. The first-order valence-electron chi connectivity index (χ1n) is 9.36. The van der Waals surface area contributed by atoms with Gasteiger partial charge in [-0.3, -0.25) is 9.52 Å². The Hall–Kier alpha value is -1.97. The van der Waals surface area contributed by atoms with Crippen molar-refractivity contribution >= 4 is 38.3 Å². The normalized spacial score (nSPS) is 16.2. The zero-order valence-electron chi connectivity index (χ0n) is 16.1. The van der Waals surface area contributed by atoms with Gasteiger partial charge in [-0.2, -0.15) is 12.7 Å². The number of nitrogens with one attached hydrogen (secondary N) is 2. The summed E-state index contributed by atoms with van der Waals surface area (Å²) >= 11 is 1.39. The number of amides is 1. The van der Waals surface area contributed by atoms with Gasteiger partial charge in [-0.05, 0) is 30.0 Å². The van der Waals surface area contributed by atoms with Crippen LogP contribution in [-0.4, -0.2) is 37.7 Å². The molecule has 152 valence electrons. The molecule has 28 heavy (non-hydrogen) atoms. The minimum Gasteiger partial charge on any atom is -0.301 e. The summed E-state index contributed by atoms with van der Waals surface area (Å²) in [6, 6.07) is 7.06. The fraction of sp³-hybridized carbons (Fsp3) is 0.474. The number of aromatic nitrogens is 1. The standard InChI is InChI=1S/C19H26N4O3S2/c1-23(2)28(25,26)22-16-9-7-15(8-10-16)17(13-14-5-3-4-6-14)18(24)21-19-20-11-12-27-19/h7-12,14,17,22H,3-6,13H2,1-2H3,(H,20,21,24). The summed E-state index contributed by atoms with van der Waals surface area (Å²) in [6.07, 6.45) is 7.20. The van der Waals surface area contributed by atoms with E-state index in [0.717, 1.165) is 29.1 Å². The number of benzene rings is 1. The van der Waals surface area contributed by atoms with Gasteiger partial charge in [-0.25, -0.2) is 4.98 Å². The topological polar surface area (TPSA) is 91.4 Å². The molecule has 3 rings (SSSR count). The zero-order chi connectivity index (χ0) is 20.1. The van der Waals surface area contributed by atoms with Crippen molar-refractivity contribution in [3.05, 3.63) is 41.4 Å². The highest BCUT2D eigenvalue weighted by molar-refractivity contribution is 7.90. The maximum Gasteiger partial charge on any atom is 0.301 e. The van der Waals surface area contributed by atoms with Gasteiger partial charge in [0, 0.05) is 31.4 Å². The van der Waals surface area contributed by atoms with Gasteiger partial charge in [0.05, 0.1) is 5.92 Å². The van der Waals surface area contributed by atoms with Crippen LogP contribution in [0.1, 0.15) is 43.6 Å². The summed E-state index contributed by atoms with van der Waals surface area (Å²) in [5.41, 5.74) is 1.35. The van der Waals surface area contributed by atoms with Crippen LogP contribution in [0, 0.1) is 5.92 Å². The quantitative estimate of drug-likeness (QED) is 0.679. The number of thiazole rings is 1. The highest BCUT2D eigenvalue weighted by Gasteiger charge is 2.27. The maximum atomic E-state index is 12.9. The third-order valence-corrected chi connectivity index (χ3v) is 7.21. The average Bonchev–Trinajstić information content (AvgIpc) is 3.34. The van der Waals surface area contributed by atoms with E-state index in [2.05, 4.69) is 15.0 Å². The maximum absolute atomic E-state index is 12.9. The summed E-state index contributed by atoms with van der Waals surface area (Å²) < 4.78 is 27.6. The molecule has 1 fully saturated rings. The van der Waals surface area contributed by atoms with Gasteiger partial charge < -0.3 is 5.32 Å². The van der Waals surface area contributed by atoms with Crippen LogP contribution in [0.3, 0.4) is 0 Å². The van der Waals surface area contributed by atoms with Gasteiger partial charge in [-0.15, -0.1) is 11.3 Å². The van der Waals surface area contributed by atoms with Gasteiger partial charge in [0.25, 0.3) is 0 Å². The fourth-order valence-corrected chi connectivity index (χ4v) is 4.62. The van der Waals surface area contributed by atoms with Crippen LogP contribution in [-0.2, 0) is 15.0 Å².